The van der Waals surface area contributed by atoms with E-state index in [0.29, 0.717) is 24.5 Å². The predicted molar refractivity (Wildman–Crippen MR) is 462 cm³/mol. The fraction of sp³-hybridized carbons (Fsp3) is 0.560. The Kier molecular flexibility index (Phi) is 60.8. The van der Waals surface area contributed by atoms with Crippen LogP contribution in [0.4, 0.5) is 14.6 Å². The van der Waals surface area contributed by atoms with Crippen molar-refractivity contribution in [1.82, 2.24) is 75.9 Å². The SMILES string of the molecule is C.C.C.CC.CC.CC.CC.CC#[C][Sn]([CH2]CCC)([CH2]CCC)[CH2]CCC.CCN=[N+]=[N-].CCn1nnc(-c2ccc(F)nc2C)c1C.CCn1nnc(-c2ccc(N3CCc4cccc(C(=O)NC)c4C3)nc2C)c1C.CCn1nnc(C)c1C.CNC(=O)c1cccc2c1CNCC2.Cc1nc(F)ccc1Br. The number of rotatable bonds is 18. The predicted octanol–water partition coefficient (Wildman–Crippen LogP) is 21.6. The molecular formula is C84H140BrF2N19O2Sn. The van der Waals surface area contributed by atoms with Gasteiger partial charge in [0.1, 0.15) is 17.2 Å². The molecule has 2 aromatic carbocycles. The second-order valence-electron chi connectivity index (χ2n) is 23.7. The second-order valence-corrected chi connectivity index (χ2v) is 36.8. The summed E-state index contributed by atoms with van der Waals surface area (Å²) in [7, 11) is 3.33. The van der Waals surface area contributed by atoms with E-state index in [2.05, 4.69) is 157 Å². The van der Waals surface area contributed by atoms with Crippen molar-refractivity contribution >= 4 is 51.9 Å². The van der Waals surface area contributed by atoms with E-state index in [9.17, 15) is 18.4 Å². The maximum absolute atomic E-state index is 12.9. The van der Waals surface area contributed by atoms with Gasteiger partial charge in [-0.05, 0) is 181 Å². The Morgan fingerprint density at radius 1 is 0.578 bits per heavy atom. The van der Waals surface area contributed by atoms with Gasteiger partial charge in [-0.25, -0.2) is 29.0 Å². The van der Waals surface area contributed by atoms with Gasteiger partial charge >= 0.3 is 108 Å². The molecule has 0 atom stereocenters. The summed E-state index contributed by atoms with van der Waals surface area (Å²) in [6.07, 6.45) is 10.2. The summed E-state index contributed by atoms with van der Waals surface area (Å²) in [6, 6.07) is 22.0. The average Bonchev–Trinajstić information content (AvgIpc) is 1.68. The zero-order valence-electron chi connectivity index (χ0n) is 69.0. The fourth-order valence-electron chi connectivity index (χ4n) is 11.3. The molecular weight excluding hydrogens is 1540 g/mol. The molecule has 10 rings (SSSR count). The minimum Gasteiger partial charge on any atom is -0.355 e. The van der Waals surface area contributed by atoms with Crippen LogP contribution < -0.4 is 20.9 Å². The standard InChI is InChI=1S/C22H26N6O.C11H13FN4.C11H14N2O.C6H5BrFN.C6H11N3.3C4H9.C3H3.C2H5N3.4C2H6.3CH4.Sn/c1-5-28-15(3)21(25-26-28)17-9-10-20(24-14(17)2)27-12-11-16-7-6-8-18(19(16)13-27)22(29)23-4;1-4-16-8(3)11(14-15-16)9-5-6-10(12)13-7(9)2;1-12-11(14)9-4-2-3-8-5-6-13-7-10(8)9;1-4-5(7)2-3-6(8)9-4;1-4-9-6(3)5(2)7-8-9;3*1-3-4-2;1-3-2;1-2-4-5-3;4*1-2;;;;/h6-10H,5,11-13H2,1-4H3,(H,23,29);5-6H,4H2,1-3H3;2-4,13H,5-7H2,1H3,(H,12,14);2-3H,1H3;4H2,1-3H3;3*1,3-4H2,2H3;1H3;2H2,1H3;4*1-2H3;3*1H4;. The number of pyridine rings is 3. The third kappa shape index (κ3) is 35.3. The van der Waals surface area contributed by atoms with Gasteiger partial charge in [-0.15, -0.1) is 15.3 Å². The molecule has 8 heterocycles. The van der Waals surface area contributed by atoms with E-state index in [1.807, 2.05) is 137 Å². The van der Waals surface area contributed by atoms with E-state index in [1.54, 1.807) is 51.7 Å². The molecule has 0 bridgehead atoms. The van der Waals surface area contributed by atoms with Crippen LogP contribution in [0.5, 0.6) is 0 Å². The molecule has 0 spiro atoms. The van der Waals surface area contributed by atoms with Crippen molar-refractivity contribution in [1.29, 1.82) is 0 Å². The number of nitrogens with zero attached hydrogens (tertiary/aromatic N) is 16. The van der Waals surface area contributed by atoms with Gasteiger partial charge in [-0.1, -0.05) is 130 Å². The summed E-state index contributed by atoms with van der Waals surface area (Å²) in [5.74, 6) is 3.26. The first-order chi connectivity index (χ1) is 51.1. The Balaban J connectivity index is -0.000000608. The van der Waals surface area contributed by atoms with E-state index >= 15 is 0 Å². The molecule has 2 amide bonds. The fourth-order valence-corrected chi connectivity index (χ4v) is 25.0. The number of aryl methyl sites for hydroxylation is 7. The Labute approximate surface area is 669 Å². The van der Waals surface area contributed by atoms with Crippen molar-refractivity contribution in [3.05, 3.63) is 173 Å². The number of fused-ring (bicyclic) bond motifs is 2. The van der Waals surface area contributed by atoms with E-state index in [4.69, 9.17) is 10.5 Å². The van der Waals surface area contributed by atoms with E-state index in [0.717, 1.165) is 136 Å². The molecule has 3 N–H and O–H groups in total. The number of anilines is 1. The molecule has 6 aromatic heterocycles. The van der Waals surface area contributed by atoms with Crippen molar-refractivity contribution in [2.45, 2.75) is 279 Å². The van der Waals surface area contributed by atoms with Crippen molar-refractivity contribution in [3.8, 4) is 32.4 Å². The quantitative estimate of drug-likeness (QED) is 0.0181. The first kappa shape index (κ1) is 107. The molecule has 8 aromatic rings. The molecule has 0 radical (unpaired) electrons. The number of unbranched alkanes of at least 4 members (excludes halogenated alkanes) is 3. The Morgan fingerprint density at radius 3 is 1.38 bits per heavy atom. The molecule has 2 aliphatic rings. The summed E-state index contributed by atoms with van der Waals surface area (Å²) in [5, 5.41) is 36.3. The number of benzene rings is 2. The molecule has 25 heteroatoms. The van der Waals surface area contributed by atoms with Gasteiger partial charge in [0.05, 0.1) is 34.2 Å². The molecule has 0 saturated heterocycles. The summed E-state index contributed by atoms with van der Waals surface area (Å²) in [4.78, 5) is 40.8. The molecule has 0 saturated carbocycles. The Morgan fingerprint density at radius 2 is 1.01 bits per heavy atom. The van der Waals surface area contributed by atoms with Gasteiger partial charge in [0, 0.05) is 97.2 Å². The summed E-state index contributed by atoms with van der Waals surface area (Å²) in [6.45, 7) is 52.8. The third-order valence-corrected chi connectivity index (χ3v) is 31.3. The van der Waals surface area contributed by atoms with E-state index in [-0.39, 0.29) is 34.1 Å². The topological polar surface area (TPSA) is 253 Å². The number of carbonyl (C=O) groups is 2. The van der Waals surface area contributed by atoms with E-state index < -0.39 is 30.3 Å². The average molecular weight is 1680 g/mol. The third-order valence-electron chi connectivity index (χ3n) is 17.0. The second kappa shape index (κ2) is 61.8. The van der Waals surface area contributed by atoms with Gasteiger partial charge in [-0.2, -0.15) is 8.78 Å². The van der Waals surface area contributed by atoms with Crippen LogP contribution >= 0.6 is 15.9 Å². The van der Waals surface area contributed by atoms with Gasteiger partial charge in [0.15, 0.2) is 0 Å². The molecule has 2 aliphatic heterocycles. The number of hydrogen-bond donors (Lipinski definition) is 3. The normalized spacial score (nSPS) is 10.7. The van der Waals surface area contributed by atoms with Gasteiger partial charge in [-0.3, -0.25) is 9.59 Å². The number of halogens is 3. The van der Waals surface area contributed by atoms with Gasteiger partial charge < -0.3 is 20.9 Å². The molecule has 0 fully saturated rings. The van der Waals surface area contributed by atoms with Crippen LogP contribution in [-0.2, 0) is 45.6 Å². The summed E-state index contributed by atoms with van der Waals surface area (Å²) >= 11 is 1.18. The zero-order chi connectivity index (χ0) is 80.3. The smallest absolute Gasteiger partial charge is 0.251 e. The van der Waals surface area contributed by atoms with Crippen LogP contribution in [0, 0.1) is 70.2 Å². The van der Waals surface area contributed by atoms with Crippen LogP contribution in [-0.4, -0.2) is 124 Å². The van der Waals surface area contributed by atoms with Crippen LogP contribution in [0.3, 0.4) is 0 Å². The zero-order valence-corrected chi connectivity index (χ0v) is 73.4. The minimum atomic E-state index is -2.02. The Bertz CT molecular complexity index is 3910. The van der Waals surface area contributed by atoms with Crippen LogP contribution in [0.2, 0.25) is 13.3 Å². The molecule has 21 nitrogen and oxygen atoms in total. The monoisotopic (exact) mass is 1680 g/mol. The van der Waals surface area contributed by atoms with Crippen LogP contribution in [0.1, 0.15) is 254 Å². The number of hydrogen-bond acceptors (Lipinski definition) is 14. The number of carbonyl (C=O) groups excluding carboxylic acids is 2. The number of aromatic nitrogens is 12. The molecule has 0 aliphatic carbocycles. The summed E-state index contributed by atoms with van der Waals surface area (Å²) < 4.78 is 39.8. The van der Waals surface area contributed by atoms with Crippen molar-refractivity contribution in [2.24, 2.45) is 5.11 Å². The van der Waals surface area contributed by atoms with Crippen molar-refractivity contribution in [2.75, 3.05) is 38.6 Å². The summed E-state index contributed by atoms with van der Waals surface area (Å²) in [5.41, 5.74) is 23.8. The molecule has 608 valence electrons. The first-order valence-electron chi connectivity index (χ1n) is 38.2. The van der Waals surface area contributed by atoms with Gasteiger partial charge in [0.25, 0.3) is 11.8 Å². The maximum atomic E-state index is 12.9. The van der Waals surface area contributed by atoms with Crippen molar-refractivity contribution < 1.29 is 18.4 Å². The van der Waals surface area contributed by atoms with Gasteiger partial charge in [0.2, 0.25) is 11.9 Å². The van der Waals surface area contributed by atoms with Crippen LogP contribution in [0.25, 0.3) is 33.0 Å². The van der Waals surface area contributed by atoms with Crippen molar-refractivity contribution in [3.63, 3.8) is 0 Å². The largest absolute Gasteiger partial charge is 0.355 e. The van der Waals surface area contributed by atoms with E-state index in [1.165, 1.54) is 75.1 Å². The number of amides is 2. The Hall–Kier alpha value is -7.98. The number of azide groups is 1. The van der Waals surface area contributed by atoms with Crippen LogP contribution in [0.15, 0.2) is 82.4 Å². The maximum Gasteiger partial charge on any atom is 0.251 e. The first-order valence-corrected chi connectivity index (χ1v) is 46.5. The minimum absolute atomic E-state index is 0. The molecule has 0 unspecified atom stereocenters. The number of nitrogens with one attached hydrogen (secondary N) is 3. The molecule has 109 heavy (non-hydrogen) atoms.